The minimum absolute atomic E-state index is 0.0862. The standard InChI is InChI=1S/C29H31N3O4/c1-35-27-17-23-22-9-5-6-10-25(22)36-26(23)18-24(27)31-29(34)19-32-15-13-21(14-16-32)30-28(33)12-11-20-7-3-2-4-8-20/h2-10,17-18,21H,11-16,19H2,1H3,(H,30,33)(H,31,34). The van der Waals surface area contributed by atoms with Gasteiger partial charge in [0.2, 0.25) is 11.8 Å². The van der Waals surface area contributed by atoms with Crippen molar-refractivity contribution in [3.05, 3.63) is 72.3 Å². The smallest absolute Gasteiger partial charge is 0.238 e. The van der Waals surface area contributed by atoms with Crippen LogP contribution in [0.1, 0.15) is 24.8 Å². The number of aryl methyl sites for hydroxylation is 1. The number of ether oxygens (including phenoxy) is 1. The second-order valence-corrected chi connectivity index (χ2v) is 9.30. The Morgan fingerprint density at radius 2 is 1.69 bits per heavy atom. The summed E-state index contributed by atoms with van der Waals surface area (Å²) >= 11 is 0. The van der Waals surface area contributed by atoms with E-state index in [1.54, 1.807) is 7.11 Å². The number of anilines is 1. The van der Waals surface area contributed by atoms with Crippen LogP contribution in [0, 0.1) is 0 Å². The zero-order valence-corrected chi connectivity index (χ0v) is 20.5. The van der Waals surface area contributed by atoms with Crippen LogP contribution in [-0.4, -0.2) is 49.5 Å². The van der Waals surface area contributed by atoms with Gasteiger partial charge in [-0.05, 0) is 37.0 Å². The molecule has 2 N–H and O–H groups in total. The molecule has 0 bridgehead atoms. The number of carbonyl (C=O) groups excluding carboxylic acids is 2. The lowest BCUT2D eigenvalue weighted by Crippen LogP contribution is -2.46. The quantitative estimate of drug-likeness (QED) is 0.376. The van der Waals surface area contributed by atoms with Crippen molar-refractivity contribution in [3.63, 3.8) is 0 Å². The molecule has 1 aliphatic heterocycles. The topological polar surface area (TPSA) is 83.8 Å². The lowest BCUT2D eigenvalue weighted by molar-refractivity contribution is -0.122. The number of rotatable bonds is 8. The minimum Gasteiger partial charge on any atom is -0.495 e. The first kappa shape index (κ1) is 23.9. The van der Waals surface area contributed by atoms with Gasteiger partial charge in [0.05, 0.1) is 19.3 Å². The summed E-state index contributed by atoms with van der Waals surface area (Å²) in [5, 5.41) is 8.10. The molecule has 5 rings (SSSR count). The van der Waals surface area contributed by atoms with E-state index in [1.807, 2.05) is 66.7 Å². The molecule has 0 unspecified atom stereocenters. The molecule has 36 heavy (non-hydrogen) atoms. The molecule has 1 saturated heterocycles. The summed E-state index contributed by atoms with van der Waals surface area (Å²) in [6, 6.07) is 21.8. The zero-order valence-electron chi connectivity index (χ0n) is 20.5. The maximum atomic E-state index is 12.8. The van der Waals surface area contributed by atoms with Crippen molar-refractivity contribution >= 4 is 39.4 Å². The van der Waals surface area contributed by atoms with Crippen LogP contribution in [0.4, 0.5) is 5.69 Å². The Morgan fingerprint density at radius 1 is 0.944 bits per heavy atom. The van der Waals surface area contributed by atoms with Gasteiger partial charge in [0, 0.05) is 42.4 Å². The molecule has 1 aromatic heterocycles. The first-order valence-corrected chi connectivity index (χ1v) is 12.4. The van der Waals surface area contributed by atoms with Gasteiger partial charge in [-0.1, -0.05) is 48.5 Å². The number of amides is 2. The van der Waals surface area contributed by atoms with Gasteiger partial charge in [0.15, 0.2) is 0 Å². The molecule has 2 heterocycles. The monoisotopic (exact) mass is 485 g/mol. The van der Waals surface area contributed by atoms with Crippen molar-refractivity contribution in [1.29, 1.82) is 0 Å². The third kappa shape index (κ3) is 5.52. The summed E-state index contributed by atoms with van der Waals surface area (Å²) in [6.07, 6.45) is 2.90. The number of methoxy groups -OCH3 is 1. The number of piperidine rings is 1. The molecule has 1 fully saturated rings. The van der Waals surface area contributed by atoms with Crippen LogP contribution >= 0.6 is 0 Å². The van der Waals surface area contributed by atoms with Gasteiger partial charge in [0.25, 0.3) is 0 Å². The Bertz CT molecular complexity index is 1360. The van der Waals surface area contributed by atoms with E-state index in [-0.39, 0.29) is 24.4 Å². The second kappa shape index (κ2) is 10.8. The molecular weight excluding hydrogens is 454 g/mol. The molecule has 7 nitrogen and oxygen atoms in total. The van der Waals surface area contributed by atoms with E-state index < -0.39 is 0 Å². The van der Waals surface area contributed by atoms with Gasteiger partial charge in [-0.3, -0.25) is 14.5 Å². The average molecular weight is 486 g/mol. The van der Waals surface area contributed by atoms with Gasteiger partial charge in [-0.2, -0.15) is 0 Å². The van der Waals surface area contributed by atoms with Crippen molar-refractivity contribution in [3.8, 4) is 5.75 Å². The van der Waals surface area contributed by atoms with Crippen LogP contribution in [-0.2, 0) is 16.0 Å². The number of carbonyl (C=O) groups is 2. The van der Waals surface area contributed by atoms with Gasteiger partial charge in [-0.15, -0.1) is 0 Å². The highest BCUT2D eigenvalue weighted by molar-refractivity contribution is 6.07. The largest absolute Gasteiger partial charge is 0.495 e. The summed E-state index contributed by atoms with van der Waals surface area (Å²) in [6.45, 7) is 1.81. The fourth-order valence-electron chi connectivity index (χ4n) is 4.85. The van der Waals surface area contributed by atoms with Crippen molar-refractivity contribution in [1.82, 2.24) is 10.2 Å². The average Bonchev–Trinajstić information content (AvgIpc) is 3.26. The lowest BCUT2D eigenvalue weighted by atomic mass is 10.0. The molecule has 3 aromatic carbocycles. The van der Waals surface area contributed by atoms with Gasteiger partial charge in [-0.25, -0.2) is 0 Å². The van der Waals surface area contributed by atoms with Crippen molar-refractivity contribution in [2.24, 2.45) is 0 Å². The fraction of sp³-hybridized carbons (Fsp3) is 0.310. The highest BCUT2D eigenvalue weighted by Gasteiger charge is 2.23. The number of nitrogens with zero attached hydrogens (tertiary/aromatic N) is 1. The van der Waals surface area contributed by atoms with E-state index in [2.05, 4.69) is 15.5 Å². The predicted molar refractivity (Wildman–Crippen MR) is 141 cm³/mol. The van der Waals surface area contributed by atoms with Crippen molar-refractivity contribution in [2.45, 2.75) is 31.7 Å². The Hall–Kier alpha value is -3.84. The van der Waals surface area contributed by atoms with E-state index in [0.29, 0.717) is 23.4 Å². The summed E-state index contributed by atoms with van der Waals surface area (Å²) in [5.41, 5.74) is 3.27. The SMILES string of the molecule is COc1cc2c(cc1NC(=O)CN1CCC(NC(=O)CCc3ccccc3)CC1)oc1ccccc12. The molecule has 186 valence electrons. The molecule has 1 aliphatic rings. The van der Waals surface area contributed by atoms with Crippen LogP contribution < -0.4 is 15.4 Å². The number of likely N-dealkylation sites (tertiary alicyclic amines) is 1. The molecule has 0 radical (unpaired) electrons. The van der Waals surface area contributed by atoms with Crippen LogP contribution in [0.15, 0.2) is 71.1 Å². The molecule has 0 aliphatic carbocycles. The second-order valence-electron chi connectivity index (χ2n) is 9.30. The third-order valence-electron chi connectivity index (χ3n) is 6.78. The molecule has 0 spiro atoms. The van der Waals surface area contributed by atoms with Crippen LogP contribution in [0.2, 0.25) is 0 Å². The van der Waals surface area contributed by atoms with E-state index in [0.717, 1.165) is 48.7 Å². The van der Waals surface area contributed by atoms with E-state index >= 15 is 0 Å². The summed E-state index contributed by atoms with van der Waals surface area (Å²) in [4.78, 5) is 27.3. The molecule has 0 atom stereocenters. The van der Waals surface area contributed by atoms with Crippen molar-refractivity contribution < 1.29 is 18.7 Å². The predicted octanol–water partition coefficient (Wildman–Crippen LogP) is 4.75. The maximum absolute atomic E-state index is 12.8. The van der Waals surface area contributed by atoms with Crippen LogP contribution in [0.3, 0.4) is 0 Å². The van der Waals surface area contributed by atoms with E-state index in [4.69, 9.17) is 9.15 Å². The molecular formula is C29H31N3O4. The first-order chi connectivity index (χ1) is 17.6. The molecule has 7 heteroatoms. The Morgan fingerprint density at radius 3 is 2.47 bits per heavy atom. The maximum Gasteiger partial charge on any atom is 0.238 e. The number of hydrogen-bond acceptors (Lipinski definition) is 5. The highest BCUT2D eigenvalue weighted by atomic mass is 16.5. The highest BCUT2D eigenvalue weighted by Crippen LogP contribution is 2.36. The summed E-state index contributed by atoms with van der Waals surface area (Å²) < 4.78 is 11.5. The normalized spacial score (nSPS) is 14.7. The van der Waals surface area contributed by atoms with E-state index in [1.165, 1.54) is 5.56 Å². The zero-order chi connectivity index (χ0) is 24.9. The van der Waals surface area contributed by atoms with Crippen LogP contribution in [0.5, 0.6) is 5.75 Å². The Kier molecular flexibility index (Phi) is 7.18. The van der Waals surface area contributed by atoms with Crippen molar-refractivity contribution in [2.75, 3.05) is 32.1 Å². The third-order valence-corrected chi connectivity index (χ3v) is 6.78. The number of fused-ring (bicyclic) bond motifs is 3. The van der Waals surface area contributed by atoms with Gasteiger partial charge in [0.1, 0.15) is 16.9 Å². The summed E-state index contributed by atoms with van der Waals surface area (Å²) in [7, 11) is 1.60. The molecule has 4 aromatic rings. The number of para-hydroxylation sites is 1. The lowest BCUT2D eigenvalue weighted by Gasteiger charge is -2.31. The van der Waals surface area contributed by atoms with Crippen LogP contribution in [0.25, 0.3) is 21.9 Å². The number of furan rings is 1. The minimum atomic E-state index is -0.103. The van der Waals surface area contributed by atoms with E-state index in [9.17, 15) is 9.59 Å². The fourth-order valence-corrected chi connectivity index (χ4v) is 4.85. The Balaban J connectivity index is 1.12. The molecule has 0 saturated carbocycles. The van der Waals surface area contributed by atoms with Gasteiger partial charge < -0.3 is 19.8 Å². The Labute approximate surface area is 210 Å². The number of nitrogens with one attached hydrogen (secondary N) is 2. The van der Waals surface area contributed by atoms with Gasteiger partial charge >= 0.3 is 0 Å². The summed E-state index contributed by atoms with van der Waals surface area (Å²) in [5.74, 6) is 0.580. The first-order valence-electron chi connectivity index (χ1n) is 12.4. The number of hydrogen-bond donors (Lipinski definition) is 2. The molecule has 2 amide bonds. The number of benzene rings is 3.